The molecule has 1 amide bonds. The van der Waals surface area contributed by atoms with Crippen molar-refractivity contribution < 1.29 is 22.7 Å². The van der Waals surface area contributed by atoms with E-state index in [0.717, 1.165) is 63.2 Å². The summed E-state index contributed by atoms with van der Waals surface area (Å²) in [5.74, 6) is 0.925. The van der Waals surface area contributed by atoms with Crippen molar-refractivity contribution in [2.75, 3.05) is 26.3 Å². The van der Waals surface area contributed by atoms with Gasteiger partial charge in [-0.05, 0) is 67.6 Å². The van der Waals surface area contributed by atoms with Gasteiger partial charge in [0.15, 0.2) is 0 Å². The van der Waals surface area contributed by atoms with Gasteiger partial charge in [0.1, 0.15) is 0 Å². The highest BCUT2D eigenvalue weighted by Gasteiger charge is 2.49. The third-order valence-electron chi connectivity index (χ3n) is 8.46. The molecule has 3 aliphatic rings. The maximum Gasteiger partial charge on any atom is 0.417 e. The van der Waals surface area contributed by atoms with Crippen LogP contribution < -0.4 is 5.32 Å². The van der Waals surface area contributed by atoms with Gasteiger partial charge in [-0.15, -0.1) is 0 Å². The zero-order valence-electron chi connectivity index (χ0n) is 21.0. The standard InChI is InChI=1S/C27H38F3N3O2/c1-4-19-17-35-12-8-24(19)32-23-5-9-26(14-23,18(2)3)25(34)33-10-6-20(7-11-33)21-13-22(16-31-15-21)27(28,29)30/h6,13,15-16,18-19,23-24,32H,4-5,7-12,14,17H2,1-3H3/t19?,23-,24?,26+/m1/s1. The van der Waals surface area contributed by atoms with Crippen molar-refractivity contribution in [3.8, 4) is 0 Å². The van der Waals surface area contributed by atoms with Crippen LogP contribution in [0.1, 0.15) is 70.4 Å². The Bertz CT molecular complexity index is 932. The molecule has 194 valence electrons. The first-order valence-corrected chi connectivity index (χ1v) is 13.0. The molecule has 1 aromatic heterocycles. The first-order chi connectivity index (χ1) is 16.6. The molecule has 8 heteroatoms. The molecular weight excluding hydrogens is 455 g/mol. The molecule has 0 aromatic carbocycles. The van der Waals surface area contributed by atoms with Crippen LogP contribution in [0.3, 0.4) is 0 Å². The molecule has 5 nitrogen and oxygen atoms in total. The summed E-state index contributed by atoms with van der Waals surface area (Å²) < 4.78 is 44.9. The molecule has 0 radical (unpaired) electrons. The molecule has 35 heavy (non-hydrogen) atoms. The topological polar surface area (TPSA) is 54.5 Å². The quantitative estimate of drug-likeness (QED) is 0.583. The van der Waals surface area contributed by atoms with Crippen LogP contribution in [0, 0.1) is 17.3 Å². The van der Waals surface area contributed by atoms with Gasteiger partial charge in [-0.2, -0.15) is 13.2 Å². The SMILES string of the molecule is CCC1COCCC1N[C@@H]1CC[C@@](C(=O)N2CC=C(c3cncc(C(F)(F)F)c3)CC2)(C(C)C)C1. The molecule has 2 aliphatic heterocycles. The zero-order chi connectivity index (χ0) is 25.2. The van der Waals surface area contributed by atoms with Crippen LogP contribution in [-0.2, 0) is 15.7 Å². The number of aromatic nitrogens is 1. The van der Waals surface area contributed by atoms with Gasteiger partial charge in [0.05, 0.1) is 17.6 Å². The van der Waals surface area contributed by atoms with Crippen LogP contribution in [-0.4, -0.2) is 54.2 Å². The minimum atomic E-state index is -4.42. The number of carbonyl (C=O) groups excluding carboxylic acids is 1. The summed E-state index contributed by atoms with van der Waals surface area (Å²) in [5.41, 5.74) is 0.167. The summed E-state index contributed by atoms with van der Waals surface area (Å²) >= 11 is 0. The maximum atomic E-state index is 13.8. The zero-order valence-corrected chi connectivity index (χ0v) is 21.0. The second kappa shape index (κ2) is 10.6. The van der Waals surface area contributed by atoms with Crippen LogP contribution in [0.2, 0.25) is 0 Å². The second-order valence-corrected chi connectivity index (χ2v) is 10.7. The molecule has 3 heterocycles. The second-order valence-electron chi connectivity index (χ2n) is 10.7. The Morgan fingerprint density at radius 1 is 1.31 bits per heavy atom. The molecular formula is C27H38F3N3O2. The van der Waals surface area contributed by atoms with Crippen LogP contribution in [0.4, 0.5) is 13.2 Å². The van der Waals surface area contributed by atoms with Gasteiger partial charge >= 0.3 is 6.18 Å². The Labute approximate surface area is 206 Å². The van der Waals surface area contributed by atoms with Crippen molar-refractivity contribution in [2.45, 2.75) is 77.6 Å². The minimum absolute atomic E-state index is 0.188. The first-order valence-electron chi connectivity index (χ1n) is 13.0. The predicted molar refractivity (Wildman–Crippen MR) is 129 cm³/mol. The Kier molecular flexibility index (Phi) is 7.91. The molecule has 0 spiro atoms. The summed E-state index contributed by atoms with van der Waals surface area (Å²) in [6.45, 7) is 9.03. The number of halogens is 3. The molecule has 1 saturated carbocycles. The van der Waals surface area contributed by atoms with Crippen LogP contribution in [0.5, 0.6) is 0 Å². The van der Waals surface area contributed by atoms with Crippen molar-refractivity contribution in [3.63, 3.8) is 0 Å². The third kappa shape index (κ3) is 5.58. The largest absolute Gasteiger partial charge is 0.417 e. The van der Waals surface area contributed by atoms with Gasteiger partial charge in [0.2, 0.25) is 5.91 Å². The van der Waals surface area contributed by atoms with Crippen molar-refractivity contribution in [2.24, 2.45) is 17.3 Å². The van der Waals surface area contributed by atoms with Gasteiger partial charge < -0.3 is 15.0 Å². The number of nitrogens with zero attached hydrogens (tertiary/aromatic N) is 2. The first kappa shape index (κ1) is 26.1. The van der Waals surface area contributed by atoms with Crippen LogP contribution in [0.25, 0.3) is 5.57 Å². The van der Waals surface area contributed by atoms with Crippen LogP contribution in [0.15, 0.2) is 24.5 Å². The monoisotopic (exact) mass is 493 g/mol. The van der Waals surface area contributed by atoms with Gasteiger partial charge in [0.25, 0.3) is 0 Å². The summed E-state index contributed by atoms with van der Waals surface area (Å²) in [4.78, 5) is 19.5. The fourth-order valence-corrected chi connectivity index (χ4v) is 6.11. The highest BCUT2D eigenvalue weighted by atomic mass is 19.4. The number of amides is 1. The highest BCUT2D eigenvalue weighted by molar-refractivity contribution is 5.84. The van der Waals surface area contributed by atoms with Crippen molar-refractivity contribution >= 4 is 11.5 Å². The van der Waals surface area contributed by atoms with E-state index in [2.05, 4.69) is 31.1 Å². The van der Waals surface area contributed by atoms with Gasteiger partial charge in [-0.1, -0.05) is 26.8 Å². The fraction of sp³-hybridized carbons (Fsp3) is 0.704. The lowest BCUT2D eigenvalue weighted by atomic mass is 9.74. The van der Waals surface area contributed by atoms with E-state index in [1.165, 1.54) is 6.20 Å². The van der Waals surface area contributed by atoms with E-state index in [-0.39, 0.29) is 11.8 Å². The van der Waals surface area contributed by atoms with Crippen molar-refractivity contribution in [1.29, 1.82) is 0 Å². The summed E-state index contributed by atoms with van der Waals surface area (Å²) in [6.07, 6.45) is 5.12. The van der Waals surface area contributed by atoms with Crippen molar-refractivity contribution in [3.05, 3.63) is 35.7 Å². The molecule has 1 saturated heterocycles. The summed E-state index contributed by atoms with van der Waals surface area (Å²) in [7, 11) is 0. The average Bonchev–Trinajstić information content (AvgIpc) is 3.29. The summed E-state index contributed by atoms with van der Waals surface area (Å²) in [5, 5.41) is 3.87. The molecule has 4 rings (SSSR count). The van der Waals surface area contributed by atoms with E-state index in [9.17, 15) is 18.0 Å². The Balaban J connectivity index is 1.43. The van der Waals surface area contributed by atoms with Gasteiger partial charge in [-0.3, -0.25) is 9.78 Å². The van der Waals surface area contributed by atoms with Gasteiger partial charge in [0, 0.05) is 44.2 Å². The van der Waals surface area contributed by atoms with E-state index < -0.39 is 17.2 Å². The van der Waals surface area contributed by atoms with E-state index in [4.69, 9.17) is 4.74 Å². The van der Waals surface area contributed by atoms with E-state index in [0.29, 0.717) is 43.1 Å². The lowest BCUT2D eigenvalue weighted by Crippen LogP contribution is -2.49. The van der Waals surface area contributed by atoms with E-state index >= 15 is 0 Å². The molecule has 1 aromatic rings. The highest BCUT2D eigenvalue weighted by Crippen LogP contribution is 2.47. The minimum Gasteiger partial charge on any atom is -0.381 e. The van der Waals surface area contributed by atoms with E-state index in [1.807, 2.05) is 11.0 Å². The third-order valence-corrected chi connectivity index (χ3v) is 8.46. The number of hydrogen-bond donors (Lipinski definition) is 1. The van der Waals surface area contributed by atoms with Crippen LogP contribution >= 0.6 is 0 Å². The molecule has 2 fully saturated rings. The normalized spacial score (nSPS) is 30.0. The fourth-order valence-electron chi connectivity index (χ4n) is 6.11. The van der Waals surface area contributed by atoms with Gasteiger partial charge in [-0.25, -0.2) is 0 Å². The number of ether oxygens (including phenoxy) is 1. The smallest absolute Gasteiger partial charge is 0.381 e. The maximum absolute atomic E-state index is 13.8. The number of carbonyl (C=O) groups is 1. The molecule has 4 atom stereocenters. The van der Waals surface area contributed by atoms with Crippen molar-refractivity contribution in [1.82, 2.24) is 15.2 Å². The Morgan fingerprint density at radius 2 is 2.11 bits per heavy atom. The number of hydrogen-bond acceptors (Lipinski definition) is 4. The average molecular weight is 494 g/mol. The summed E-state index contributed by atoms with van der Waals surface area (Å²) in [6, 6.07) is 1.92. The number of pyridine rings is 1. The lowest BCUT2D eigenvalue weighted by molar-refractivity contribution is -0.144. The molecule has 2 unspecified atom stereocenters. The predicted octanol–water partition coefficient (Wildman–Crippen LogP) is 5.32. The van der Waals surface area contributed by atoms with E-state index in [1.54, 1.807) is 0 Å². The Hall–Kier alpha value is -1.93. The number of alkyl halides is 3. The Morgan fingerprint density at radius 3 is 2.77 bits per heavy atom. The molecule has 0 bridgehead atoms. The number of nitrogens with one attached hydrogen (secondary N) is 1. The molecule has 1 N–H and O–H groups in total. The number of rotatable bonds is 6. The lowest BCUT2D eigenvalue weighted by Gasteiger charge is -2.39. The molecule has 1 aliphatic carbocycles.